The highest BCUT2D eigenvalue weighted by atomic mass is 16.6. The van der Waals surface area contributed by atoms with Gasteiger partial charge in [-0.05, 0) is 59.7 Å². The molecule has 1 aromatic rings. The molecule has 1 fully saturated rings. The van der Waals surface area contributed by atoms with E-state index < -0.39 is 5.60 Å². The minimum Gasteiger partial charge on any atom is -0.443 e. The molecule has 0 unspecified atom stereocenters. The second-order valence-corrected chi connectivity index (χ2v) is 7.54. The molecule has 5 heteroatoms. The van der Waals surface area contributed by atoms with Crippen molar-refractivity contribution in [3.05, 3.63) is 23.9 Å². The third-order valence-corrected chi connectivity index (χ3v) is 4.30. The zero-order valence-electron chi connectivity index (χ0n) is 15.7. The number of unbranched alkanes of at least 4 members (excludes halogenated alkanes) is 1. The van der Waals surface area contributed by atoms with Gasteiger partial charge in [0, 0.05) is 24.3 Å². The van der Waals surface area contributed by atoms with Gasteiger partial charge in [-0.25, -0.2) is 9.78 Å². The first-order valence-electron chi connectivity index (χ1n) is 8.99. The third kappa shape index (κ3) is 4.69. The van der Waals surface area contributed by atoms with E-state index in [2.05, 4.69) is 29.9 Å². The normalized spacial score (nSPS) is 18.6. The maximum absolute atomic E-state index is 12.8. The molecule has 0 saturated carbocycles. The highest BCUT2D eigenvalue weighted by molar-refractivity contribution is 5.87. The molecule has 1 aromatic heterocycles. The second kappa shape index (κ2) is 7.97. The van der Waals surface area contributed by atoms with Crippen LogP contribution in [0.3, 0.4) is 0 Å². The Labute approximate surface area is 146 Å². The highest BCUT2D eigenvalue weighted by Gasteiger charge is 2.30. The number of pyridine rings is 1. The zero-order chi connectivity index (χ0) is 17.7. The molecular formula is C19H31N3O2. The van der Waals surface area contributed by atoms with Gasteiger partial charge in [0.15, 0.2) is 0 Å². The van der Waals surface area contributed by atoms with Crippen molar-refractivity contribution in [2.24, 2.45) is 0 Å². The number of carbonyl (C=O) groups excluding carboxylic acids is 1. The van der Waals surface area contributed by atoms with Gasteiger partial charge in [-0.2, -0.15) is 0 Å². The van der Waals surface area contributed by atoms with Crippen molar-refractivity contribution < 1.29 is 9.53 Å². The Morgan fingerprint density at radius 3 is 2.79 bits per heavy atom. The number of aromatic nitrogens is 1. The molecule has 1 saturated heterocycles. The van der Waals surface area contributed by atoms with Crippen molar-refractivity contribution in [1.82, 2.24) is 9.88 Å². The minimum absolute atomic E-state index is 0.309. The SMILES string of the molecule is CCCCN(C(=O)OC(C)(C)C)c1ncccc1[C@@H]1CCCN1C. The van der Waals surface area contributed by atoms with Gasteiger partial charge in [0.25, 0.3) is 0 Å². The number of carbonyl (C=O) groups is 1. The Morgan fingerprint density at radius 2 is 2.21 bits per heavy atom. The van der Waals surface area contributed by atoms with Gasteiger partial charge >= 0.3 is 6.09 Å². The Hall–Kier alpha value is -1.62. The first kappa shape index (κ1) is 18.7. The van der Waals surface area contributed by atoms with Crippen LogP contribution in [0.1, 0.15) is 65.0 Å². The number of ether oxygens (including phenoxy) is 1. The summed E-state index contributed by atoms with van der Waals surface area (Å²) in [4.78, 5) is 21.4. The van der Waals surface area contributed by atoms with Gasteiger partial charge in [0.05, 0.1) is 0 Å². The van der Waals surface area contributed by atoms with Gasteiger partial charge < -0.3 is 4.74 Å². The fourth-order valence-corrected chi connectivity index (χ4v) is 3.12. The van der Waals surface area contributed by atoms with Crippen molar-refractivity contribution in [1.29, 1.82) is 0 Å². The second-order valence-electron chi connectivity index (χ2n) is 7.54. The number of hydrogen-bond acceptors (Lipinski definition) is 4. The number of hydrogen-bond donors (Lipinski definition) is 0. The van der Waals surface area contributed by atoms with E-state index in [1.807, 2.05) is 26.8 Å². The van der Waals surface area contributed by atoms with E-state index in [0.717, 1.165) is 37.2 Å². The molecule has 1 amide bonds. The number of likely N-dealkylation sites (tertiary alicyclic amines) is 1. The lowest BCUT2D eigenvalue weighted by atomic mass is 10.0. The van der Waals surface area contributed by atoms with Crippen molar-refractivity contribution in [3.63, 3.8) is 0 Å². The van der Waals surface area contributed by atoms with Crippen molar-refractivity contribution in [2.45, 2.75) is 65.0 Å². The van der Waals surface area contributed by atoms with Gasteiger partial charge in [-0.1, -0.05) is 19.4 Å². The summed E-state index contributed by atoms with van der Waals surface area (Å²) < 4.78 is 5.63. The van der Waals surface area contributed by atoms with Crippen molar-refractivity contribution >= 4 is 11.9 Å². The van der Waals surface area contributed by atoms with Gasteiger partial charge in [-0.15, -0.1) is 0 Å². The lowest BCUT2D eigenvalue weighted by molar-refractivity contribution is 0.0578. The zero-order valence-corrected chi connectivity index (χ0v) is 15.7. The van der Waals surface area contributed by atoms with E-state index in [1.165, 1.54) is 6.42 Å². The Morgan fingerprint density at radius 1 is 1.46 bits per heavy atom. The van der Waals surface area contributed by atoms with Crippen molar-refractivity contribution in [2.75, 3.05) is 25.0 Å². The van der Waals surface area contributed by atoms with Crippen LogP contribution in [0.2, 0.25) is 0 Å². The topological polar surface area (TPSA) is 45.7 Å². The summed E-state index contributed by atoms with van der Waals surface area (Å²) in [5, 5.41) is 0. The van der Waals surface area contributed by atoms with Gasteiger partial charge in [0.1, 0.15) is 11.4 Å². The lowest BCUT2D eigenvalue weighted by Gasteiger charge is -2.30. The first-order valence-corrected chi connectivity index (χ1v) is 8.99. The smallest absolute Gasteiger partial charge is 0.416 e. The van der Waals surface area contributed by atoms with Crippen LogP contribution >= 0.6 is 0 Å². The van der Waals surface area contributed by atoms with Crippen LogP contribution < -0.4 is 4.90 Å². The number of anilines is 1. The number of nitrogens with zero attached hydrogens (tertiary/aromatic N) is 3. The maximum Gasteiger partial charge on any atom is 0.416 e. The van der Waals surface area contributed by atoms with Crippen LogP contribution in [0, 0.1) is 0 Å². The minimum atomic E-state index is -0.513. The van der Waals surface area contributed by atoms with E-state index in [0.29, 0.717) is 12.6 Å². The van der Waals surface area contributed by atoms with E-state index >= 15 is 0 Å². The first-order chi connectivity index (χ1) is 11.3. The van der Waals surface area contributed by atoms with Gasteiger partial charge in [0.2, 0.25) is 0 Å². The third-order valence-electron chi connectivity index (χ3n) is 4.30. The molecule has 0 bridgehead atoms. The monoisotopic (exact) mass is 333 g/mol. The molecule has 0 spiro atoms. The van der Waals surface area contributed by atoms with Crippen LogP contribution in [0.5, 0.6) is 0 Å². The number of amides is 1. The highest BCUT2D eigenvalue weighted by Crippen LogP contribution is 2.35. The molecule has 24 heavy (non-hydrogen) atoms. The van der Waals surface area contributed by atoms with Crippen molar-refractivity contribution in [3.8, 4) is 0 Å². The van der Waals surface area contributed by atoms with Crippen LogP contribution in [0.25, 0.3) is 0 Å². The molecule has 1 atom stereocenters. The molecular weight excluding hydrogens is 302 g/mol. The van der Waals surface area contributed by atoms with E-state index in [4.69, 9.17) is 4.74 Å². The van der Waals surface area contributed by atoms with Crippen LogP contribution in [-0.4, -0.2) is 41.7 Å². The van der Waals surface area contributed by atoms with E-state index in [9.17, 15) is 4.79 Å². The number of rotatable bonds is 5. The predicted octanol–water partition coefficient (Wildman–Crippen LogP) is 4.39. The van der Waals surface area contributed by atoms with Crippen LogP contribution in [0.15, 0.2) is 18.3 Å². The maximum atomic E-state index is 12.8. The predicted molar refractivity (Wildman–Crippen MR) is 97.3 cm³/mol. The summed E-state index contributed by atoms with van der Waals surface area (Å²) in [5.41, 5.74) is 0.611. The molecule has 1 aliphatic rings. The van der Waals surface area contributed by atoms with Crippen LogP contribution in [-0.2, 0) is 4.74 Å². The fraction of sp³-hybridized carbons (Fsp3) is 0.684. The Bertz CT molecular complexity index is 554. The van der Waals surface area contributed by atoms with Gasteiger partial charge in [-0.3, -0.25) is 9.80 Å². The standard InChI is InChI=1S/C19H31N3O2/c1-6-7-14-22(18(23)24-19(2,3)4)17-15(10-8-12-20-17)16-11-9-13-21(16)5/h8,10,12,16H,6-7,9,11,13-14H2,1-5H3/t16-/m0/s1. The summed E-state index contributed by atoms with van der Waals surface area (Å²) in [5.74, 6) is 0.749. The average Bonchev–Trinajstić information content (AvgIpc) is 2.92. The van der Waals surface area contributed by atoms with E-state index in [-0.39, 0.29) is 6.09 Å². The molecule has 0 aromatic carbocycles. The fourth-order valence-electron chi connectivity index (χ4n) is 3.12. The molecule has 2 heterocycles. The Kier molecular flexibility index (Phi) is 6.21. The van der Waals surface area contributed by atoms with Crippen LogP contribution in [0.4, 0.5) is 10.6 Å². The summed E-state index contributed by atoms with van der Waals surface area (Å²) in [6, 6.07) is 4.37. The molecule has 134 valence electrons. The molecule has 0 N–H and O–H groups in total. The molecule has 0 radical (unpaired) electrons. The molecule has 5 nitrogen and oxygen atoms in total. The Balaban J connectivity index is 2.33. The lowest BCUT2D eigenvalue weighted by Crippen LogP contribution is -2.39. The summed E-state index contributed by atoms with van der Waals surface area (Å²) in [6.45, 7) is 9.52. The average molecular weight is 333 g/mol. The molecule has 1 aliphatic heterocycles. The summed E-state index contributed by atoms with van der Waals surface area (Å²) in [6.07, 6.45) is 5.68. The summed E-state index contributed by atoms with van der Waals surface area (Å²) >= 11 is 0. The summed E-state index contributed by atoms with van der Waals surface area (Å²) in [7, 11) is 2.14. The molecule has 2 rings (SSSR count). The quantitative estimate of drug-likeness (QED) is 0.801. The largest absolute Gasteiger partial charge is 0.443 e. The molecule has 0 aliphatic carbocycles. The van der Waals surface area contributed by atoms with E-state index in [1.54, 1.807) is 11.1 Å².